The number of nitrogens with one attached hydrogen (secondary N) is 3. The molecule has 0 amide bonds. The molecule has 7 N–H and O–H groups in total. The largest absolute Gasteiger partial charge is 0.397 e. The van der Waals surface area contributed by atoms with Gasteiger partial charge in [0.25, 0.3) is 0 Å². The van der Waals surface area contributed by atoms with Crippen LogP contribution in [-0.4, -0.2) is 58.0 Å². The van der Waals surface area contributed by atoms with Crippen LogP contribution in [0, 0.1) is 0 Å². The lowest BCUT2D eigenvalue weighted by atomic mass is 10.3. The van der Waals surface area contributed by atoms with Gasteiger partial charge in [0.15, 0.2) is 0 Å². The van der Waals surface area contributed by atoms with Gasteiger partial charge in [-0.1, -0.05) is 6.92 Å². The lowest BCUT2D eigenvalue weighted by Crippen LogP contribution is -3.09. The molecule has 0 saturated heterocycles. The molecule has 1 unspecified atom stereocenters. The first kappa shape index (κ1) is 19.5. The van der Waals surface area contributed by atoms with Crippen molar-refractivity contribution in [3.8, 4) is 0 Å². The van der Waals surface area contributed by atoms with Crippen molar-refractivity contribution in [1.82, 2.24) is 10.3 Å². The van der Waals surface area contributed by atoms with E-state index in [4.69, 9.17) is 16.2 Å². The average Bonchev–Trinajstić information content (AvgIpc) is 2.52. The zero-order valence-corrected chi connectivity index (χ0v) is 14.5. The first-order valence-electron chi connectivity index (χ1n) is 8.48. The number of nitrogens with two attached hydrogens (primary N) is 2. The number of hydrogen-bond acceptors (Lipinski definition) is 6. The lowest BCUT2D eigenvalue weighted by Gasteiger charge is -2.14. The number of nitrogens with zero attached hydrogens (tertiary/aromatic N) is 1. The Bertz CT molecular complexity index is 429. The molecule has 1 heterocycles. The maximum atomic E-state index is 5.84. The topological polar surface area (TPSA) is 103 Å². The Kier molecular flexibility index (Phi) is 10.1. The van der Waals surface area contributed by atoms with Crippen LogP contribution in [0.4, 0.5) is 17.2 Å². The Balaban J connectivity index is 1.97. The maximum absolute atomic E-state index is 5.84. The Morgan fingerprint density at radius 3 is 2.74 bits per heavy atom. The van der Waals surface area contributed by atoms with Gasteiger partial charge in [0.05, 0.1) is 37.8 Å². The minimum atomic E-state index is 0.581. The van der Waals surface area contributed by atoms with Gasteiger partial charge in [-0.3, -0.25) is 0 Å². The SMILES string of the molecule is CCCOCC[NH+](C)CCCNCCNc1ncc(N)cc1N. The second-order valence-corrected chi connectivity index (χ2v) is 5.81. The average molecular weight is 325 g/mol. The number of ether oxygens (including phenoxy) is 1. The van der Waals surface area contributed by atoms with Gasteiger partial charge in [0.1, 0.15) is 12.4 Å². The van der Waals surface area contributed by atoms with Crippen LogP contribution in [-0.2, 0) is 4.74 Å². The summed E-state index contributed by atoms with van der Waals surface area (Å²) >= 11 is 0. The smallest absolute Gasteiger partial charge is 0.149 e. The van der Waals surface area contributed by atoms with Crippen LogP contribution in [0.3, 0.4) is 0 Å². The fraction of sp³-hybridized carbons (Fsp3) is 0.688. The summed E-state index contributed by atoms with van der Waals surface area (Å²) < 4.78 is 5.50. The molecule has 0 aliphatic rings. The molecule has 1 aromatic rings. The van der Waals surface area contributed by atoms with E-state index in [9.17, 15) is 0 Å². The molecule has 0 saturated carbocycles. The molecule has 0 radical (unpaired) electrons. The molecule has 7 heteroatoms. The first-order valence-corrected chi connectivity index (χ1v) is 8.48. The first-order chi connectivity index (χ1) is 11.1. The van der Waals surface area contributed by atoms with Gasteiger partial charge in [-0.25, -0.2) is 4.98 Å². The molecule has 0 spiro atoms. The van der Waals surface area contributed by atoms with Crippen molar-refractivity contribution in [3.63, 3.8) is 0 Å². The molecule has 0 aliphatic heterocycles. The van der Waals surface area contributed by atoms with Crippen LogP contribution >= 0.6 is 0 Å². The highest BCUT2D eigenvalue weighted by molar-refractivity contribution is 5.65. The highest BCUT2D eigenvalue weighted by Gasteiger charge is 2.02. The number of quaternary nitrogens is 1. The standard InChI is InChI=1S/C16H32N6O/c1-3-10-23-11-9-22(2)8-4-5-19-6-7-20-16-15(18)12-14(17)13-21-16/h12-13,19H,3-11,17-18H2,1-2H3,(H,20,21)/p+1. The zero-order valence-electron chi connectivity index (χ0n) is 14.5. The van der Waals surface area contributed by atoms with E-state index in [1.807, 2.05) is 0 Å². The third-order valence-electron chi connectivity index (χ3n) is 3.51. The summed E-state index contributed by atoms with van der Waals surface area (Å²) in [5, 5.41) is 6.62. The number of hydrogen-bond donors (Lipinski definition) is 5. The summed E-state index contributed by atoms with van der Waals surface area (Å²) in [4.78, 5) is 5.69. The number of pyridine rings is 1. The highest BCUT2D eigenvalue weighted by Crippen LogP contribution is 2.16. The van der Waals surface area contributed by atoms with Crippen molar-refractivity contribution in [2.45, 2.75) is 19.8 Å². The molecule has 0 bridgehead atoms. The van der Waals surface area contributed by atoms with Crippen molar-refractivity contribution >= 4 is 17.2 Å². The fourth-order valence-electron chi connectivity index (χ4n) is 2.17. The number of likely N-dealkylation sites (N-methyl/N-ethyl adjacent to an activating group) is 1. The zero-order chi connectivity index (χ0) is 16.9. The van der Waals surface area contributed by atoms with Crippen LogP contribution in [0.15, 0.2) is 12.3 Å². The van der Waals surface area contributed by atoms with Gasteiger partial charge in [0.2, 0.25) is 0 Å². The number of nitrogen functional groups attached to an aromatic ring is 2. The summed E-state index contributed by atoms with van der Waals surface area (Å²) in [6.45, 7) is 8.77. The van der Waals surface area contributed by atoms with E-state index in [0.29, 0.717) is 17.2 Å². The van der Waals surface area contributed by atoms with Gasteiger partial charge in [-0.05, 0) is 12.5 Å². The Hall–Kier alpha value is -1.57. The van der Waals surface area contributed by atoms with Gasteiger partial charge >= 0.3 is 0 Å². The van der Waals surface area contributed by atoms with Crippen molar-refractivity contribution in [3.05, 3.63) is 12.3 Å². The molecule has 1 rings (SSSR count). The van der Waals surface area contributed by atoms with Gasteiger partial charge < -0.3 is 31.7 Å². The minimum absolute atomic E-state index is 0.581. The molecule has 0 fully saturated rings. The van der Waals surface area contributed by atoms with Crippen LogP contribution in [0.1, 0.15) is 19.8 Å². The summed E-state index contributed by atoms with van der Waals surface area (Å²) in [5.74, 6) is 0.692. The Morgan fingerprint density at radius 2 is 2.00 bits per heavy atom. The molecule has 1 aromatic heterocycles. The van der Waals surface area contributed by atoms with E-state index in [1.54, 1.807) is 12.3 Å². The minimum Gasteiger partial charge on any atom is -0.397 e. The van der Waals surface area contributed by atoms with Gasteiger partial charge in [0, 0.05) is 32.7 Å². The Morgan fingerprint density at radius 1 is 1.17 bits per heavy atom. The quantitative estimate of drug-likeness (QED) is 0.316. The fourth-order valence-corrected chi connectivity index (χ4v) is 2.17. The van der Waals surface area contributed by atoms with Crippen molar-refractivity contribution in [2.75, 3.05) is 69.8 Å². The summed E-state index contributed by atoms with van der Waals surface area (Å²) in [7, 11) is 2.21. The van der Waals surface area contributed by atoms with Crippen LogP contribution < -0.4 is 27.0 Å². The monoisotopic (exact) mass is 325 g/mol. The van der Waals surface area contributed by atoms with Crippen molar-refractivity contribution in [2.24, 2.45) is 0 Å². The third-order valence-corrected chi connectivity index (χ3v) is 3.51. The molecular formula is C16H33N6O+. The van der Waals surface area contributed by atoms with Crippen molar-refractivity contribution < 1.29 is 9.64 Å². The molecular weight excluding hydrogens is 292 g/mol. The second kappa shape index (κ2) is 11.9. The number of aromatic nitrogens is 1. The predicted octanol–water partition coefficient (Wildman–Crippen LogP) is -0.421. The molecule has 0 aliphatic carbocycles. The molecule has 1 atom stereocenters. The van der Waals surface area contributed by atoms with Gasteiger partial charge in [-0.2, -0.15) is 0 Å². The van der Waals surface area contributed by atoms with E-state index in [-0.39, 0.29) is 0 Å². The number of anilines is 3. The van der Waals surface area contributed by atoms with E-state index in [2.05, 4.69) is 29.6 Å². The Labute approximate surface area is 139 Å². The highest BCUT2D eigenvalue weighted by atomic mass is 16.5. The predicted molar refractivity (Wildman–Crippen MR) is 96.8 cm³/mol. The maximum Gasteiger partial charge on any atom is 0.149 e. The molecule has 23 heavy (non-hydrogen) atoms. The van der Waals surface area contributed by atoms with E-state index >= 15 is 0 Å². The normalized spacial score (nSPS) is 12.3. The van der Waals surface area contributed by atoms with Crippen molar-refractivity contribution in [1.29, 1.82) is 0 Å². The van der Waals surface area contributed by atoms with Crippen LogP contribution in [0.25, 0.3) is 0 Å². The van der Waals surface area contributed by atoms with Gasteiger partial charge in [-0.15, -0.1) is 0 Å². The van der Waals surface area contributed by atoms with E-state index in [0.717, 1.165) is 58.8 Å². The molecule has 7 nitrogen and oxygen atoms in total. The van der Waals surface area contributed by atoms with Crippen LogP contribution in [0.5, 0.6) is 0 Å². The van der Waals surface area contributed by atoms with Crippen LogP contribution in [0.2, 0.25) is 0 Å². The van der Waals surface area contributed by atoms with E-state index in [1.165, 1.54) is 4.90 Å². The second-order valence-electron chi connectivity index (χ2n) is 5.81. The lowest BCUT2D eigenvalue weighted by molar-refractivity contribution is -0.880. The summed E-state index contributed by atoms with van der Waals surface area (Å²) in [6, 6.07) is 1.71. The summed E-state index contributed by atoms with van der Waals surface area (Å²) in [6.07, 6.45) is 3.85. The molecule has 0 aromatic carbocycles. The number of rotatable bonds is 13. The third kappa shape index (κ3) is 9.22. The molecule has 132 valence electrons. The summed E-state index contributed by atoms with van der Waals surface area (Å²) in [5.41, 5.74) is 12.6. The van der Waals surface area contributed by atoms with E-state index < -0.39 is 0 Å².